The van der Waals surface area contributed by atoms with Crippen LogP contribution in [0.3, 0.4) is 0 Å². The number of hydrazine groups is 2. The van der Waals surface area contributed by atoms with Crippen LogP contribution in [-0.2, 0) is 9.84 Å². The lowest BCUT2D eigenvalue weighted by Gasteiger charge is -2.29. The van der Waals surface area contributed by atoms with Crippen LogP contribution in [0.4, 0.5) is 5.82 Å². The fourth-order valence-corrected chi connectivity index (χ4v) is 6.17. The Labute approximate surface area is 164 Å². The second-order valence-electron chi connectivity index (χ2n) is 7.67. The van der Waals surface area contributed by atoms with Crippen molar-refractivity contribution in [1.29, 1.82) is 0 Å². The van der Waals surface area contributed by atoms with Gasteiger partial charge in [-0.05, 0) is 49.8 Å². The molecule has 2 aliphatic heterocycles. The normalized spacial score (nSPS) is 24.1. The van der Waals surface area contributed by atoms with E-state index in [0.717, 1.165) is 42.8 Å². The Kier molecular flexibility index (Phi) is 4.25. The third kappa shape index (κ3) is 3.02. The molecular formula is C20H23N5O2S. The SMILES string of the molecule is O=S(=O)(C[C@H]1CC[C@H](C2=C3c4cc[nH]c4N=CN3NN2)CC1)c1ccccc1. The number of hydrogen-bond donors (Lipinski definition) is 3. The van der Waals surface area contributed by atoms with Crippen molar-refractivity contribution in [3.8, 4) is 0 Å². The van der Waals surface area contributed by atoms with Crippen molar-refractivity contribution in [3.05, 3.63) is 53.9 Å². The van der Waals surface area contributed by atoms with Crippen molar-refractivity contribution >= 4 is 27.7 Å². The second kappa shape index (κ2) is 6.79. The standard InChI is InChI=1S/C20H23N5O2S/c26-28(27,16-4-2-1-3-5-16)12-14-6-8-15(9-7-14)18-19-17-10-11-21-20(17)22-13-25(19)24-23-18/h1-5,10-11,13-15,21,23-24H,6-9,12H2/t14-,15-. The van der Waals surface area contributed by atoms with E-state index in [1.54, 1.807) is 30.6 Å². The van der Waals surface area contributed by atoms with E-state index in [-0.39, 0.29) is 11.7 Å². The predicted octanol–water partition coefficient (Wildman–Crippen LogP) is 2.96. The van der Waals surface area contributed by atoms with Crippen LogP contribution in [0.2, 0.25) is 0 Å². The fourth-order valence-electron chi connectivity index (χ4n) is 4.45. The van der Waals surface area contributed by atoms with Crippen molar-refractivity contribution < 1.29 is 8.42 Å². The lowest BCUT2D eigenvalue weighted by atomic mass is 9.80. The molecule has 1 aromatic heterocycles. The summed E-state index contributed by atoms with van der Waals surface area (Å²) in [6.45, 7) is 0. The molecule has 0 radical (unpaired) electrons. The van der Waals surface area contributed by atoms with Gasteiger partial charge in [0, 0.05) is 17.7 Å². The summed E-state index contributed by atoms with van der Waals surface area (Å²) in [5, 5.41) is 1.91. The average Bonchev–Trinajstić information content (AvgIpc) is 3.35. The molecule has 3 heterocycles. The number of rotatable bonds is 4. The number of aromatic nitrogens is 1. The molecule has 3 aliphatic rings. The molecule has 2 aromatic rings. The van der Waals surface area contributed by atoms with Crippen molar-refractivity contribution in [2.24, 2.45) is 16.8 Å². The summed E-state index contributed by atoms with van der Waals surface area (Å²) in [6, 6.07) is 10.8. The second-order valence-corrected chi connectivity index (χ2v) is 9.70. The van der Waals surface area contributed by atoms with Gasteiger partial charge in [-0.15, -0.1) is 5.53 Å². The lowest BCUT2D eigenvalue weighted by molar-refractivity contribution is 0.307. The summed E-state index contributed by atoms with van der Waals surface area (Å²) < 4.78 is 25.4. The minimum absolute atomic E-state index is 0.216. The Morgan fingerprint density at radius 1 is 1.07 bits per heavy atom. The van der Waals surface area contributed by atoms with Crippen LogP contribution in [0.25, 0.3) is 5.70 Å². The molecule has 8 heteroatoms. The van der Waals surface area contributed by atoms with Crippen molar-refractivity contribution in [1.82, 2.24) is 21.0 Å². The molecule has 0 unspecified atom stereocenters. The third-order valence-electron chi connectivity index (χ3n) is 5.90. The number of H-pyrrole nitrogens is 1. The van der Waals surface area contributed by atoms with E-state index in [1.165, 1.54) is 5.70 Å². The number of benzene rings is 1. The zero-order valence-corrected chi connectivity index (χ0v) is 16.2. The van der Waals surface area contributed by atoms with E-state index in [0.29, 0.717) is 10.8 Å². The van der Waals surface area contributed by atoms with Crippen LogP contribution < -0.4 is 11.0 Å². The van der Waals surface area contributed by atoms with Gasteiger partial charge in [-0.25, -0.2) is 18.4 Å². The quantitative estimate of drug-likeness (QED) is 0.738. The number of aromatic amines is 1. The molecule has 28 heavy (non-hydrogen) atoms. The van der Waals surface area contributed by atoms with Gasteiger partial charge in [-0.2, -0.15) is 0 Å². The highest BCUT2D eigenvalue weighted by Crippen LogP contribution is 2.41. The molecule has 146 valence electrons. The van der Waals surface area contributed by atoms with Gasteiger partial charge in [0.2, 0.25) is 0 Å². The summed E-state index contributed by atoms with van der Waals surface area (Å²) in [4.78, 5) is 7.99. The van der Waals surface area contributed by atoms with Crippen LogP contribution in [-0.4, -0.2) is 30.5 Å². The van der Waals surface area contributed by atoms with Gasteiger partial charge < -0.3 is 10.4 Å². The number of fused-ring (bicyclic) bond motifs is 3. The maximum atomic E-state index is 12.7. The van der Waals surface area contributed by atoms with Gasteiger partial charge in [-0.3, -0.25) is 0 Å². The predicted molar refractivity (Wildman–Crippen MR) is 108 cm³/mol. The van der Waals surface area contributed by atoms with Gasteiger partial charge >= 0.3 is 0 Å². The summed E-state index contributed by atoms with van der Waals surface area (Å²) >= 11 is 0. The van der Waals surface area contributed by atoms with Crippen molar-refractivity contribution in [2.75, 3.05) is 5.75 Å². The number of nitrogens with one attached hydrogen (secondary N) is 3. The highest BCUT2D eigenvalue weighted by atomic mass is 32.2. The van der Waals surface area contributed by atoms with Gasteiger partial charge in [0.15, 0.2) is 9.84 Å². The number of sulfone groups is 1. The Morgan fingerprint density at radius 3 is 2.64 bits per heavy atom. The molecule has 0 saturated heterocycles. The first kappa shape index (κ1) is 17.5. The lowest BCUT2D eigenvalue weighted by Crippen LogP contribution is -2.38. The third-order valence-corrected chi connectivity index (χ3v) is 7.80. The van der Waals surface area contributed by atoms with E-state index < -0.39 is 9.84 Å². The van der Waals surface area contributed by atoms with Gasteiger partial charge in [0.1, 0.15) is 12.2 Å². The van der Waals surface area contributed by atoms with Gasteiger partial charge in [0.25, 0.3) is 0 Å². The molecule has 1 saturated carbocycles. The molecule has 5 rings (SSSR count). The van der Waals surface area contributed by atoms with Crippen molar-refractivity contribution in [3.63, 3.8) is 0 Å². The van der Waals surface area contributed by atoms with E-state index in [4.69, 9.17) is 0 Å². The first-order valence-corrected chi connectivity index (χ1v) is 11.3. The van der Waals surface area contributed by atoms with Gasteiger partial charge in [-0.1, -0.05) is 18.2 Å². The molecule has 0 atom stereocenters. The average molecular weight is 398 g/mol. The van der Waals surface area contributed by atoms with E-state index in [2.05, 4.69) is 20.9 Å². The molecule has 0 amide bonds. The maximum Gasteiger partial charge on any atom is 0.178 e. The Morgan fingerprint density at radius 2 is 1.86 bits per heavy atom. The van der Waals surface area contributed by atoms with Crippen LogP contribution in [0.15, 0.2) is 58.2 Å². The molecule has 7 nitrogen and oxygen atoms in total. The van der Waals surface area contributed by atoms with E-state index in [9.17, 15) is 8.42 Å². The highest BCUT2D eigenvalue weighted by Gasteiger charge is 2.35. The zero-order chi connectivity index (χ0) is 19.1. The number of nitrogens with zero attached hydrogens (tertiary/aromatic N) is 2. The number of allylic oxidation sites excluding steroid dienone is 1. The fraction of sp³-hybridized carbons (Fsp3) is 0.350. The smallest absolute Gasteiger partial charge is 0.178 e. The molecule has 1 aliphatic carbocycles. The summed E-state index contributed by atoms with van der Waals surface area (Å²) in [7, 11) is -3.22. The van der Waals surface area contributed by atoms with Crippen LogP contribution >= 0.6 is 0 Å². The van der Waals surface area contributed by atoms with Crippen LogP contribution in [0, 0.1) is 11.8 Å². The summed E-state index contributed by atoms with van der Waals surface area (Å²) in [5.41, 5.74) is 9.86. The van der Waals surface area contributed by atoms with Crippen LogP contribution in [0.1, 0.15) is 31.2 Å². The Balaban J connectivity index is 1.29. The maximum absolute atomic E-state index is 12.7. The van der Waals surface area contributed by atoms with E-state index >= 15 is 0 Å². The molecular weight excluding hydrogens is 374 g/mol. The van der Waals surface area contributed by atoms with Gasteiger partial charge in [0.05, 0.1) is 22.0 Å². The number of hydrogen-bond acceptors (Lipinski definition) is 6. The zero-order valence-electron chi connectivity index (χ0n) is 15.4. The van der Waals surface area contributed by atoms with Crippen molar-refractivity contribution in [2.45, 2.75) is 30.6 Å². The minimum atomic E-state index is -3.22. The molecule has 1 fully saturated rings. The molecule has 0 bridgehead atoms. The molecule has 3 N–H and O–H groups in total. The monoisotopic (exact) mass is 397 g/mol. The highest BCUT2D eigenvalue weighted by molar-refractivity contribution is 7.91. The summed E-state index contributed by atoms with van der Waals surface area (Å²) in [5.74, 6) is 1.71. The topological polar surface area (TPSA) is 89.6 Å². The van der Waals surface area contributed by atoms with Crippen LogP contribution in [0.5, 0.6) is 0 Å². The molecule has 0 spiro atoms. The Hall–Kier alpha value is -2.58. The first-order valence-electron chi connectivity index (χ1n) is 9.66. The first-order chi connectivity index (χ1) is 13.6. The largest absolute Gasteiger partial charge is 0.346 e. The van der Waals surface area contributed by atoms with E-state index in [1.807, 2.05) is 23.3 Å². The summed E-state index contributed by atoms with van der Waals surface area (Å²) in [6.07, 6.45) is 7.47. The minimum Gasteiger partial charge on any atom is -0.346 e. The molecule has 1 aromatic carbocycles. The number of aliphatic imine (C=N–C) groups is 1. The Bertz CT molecular complexity index is 1030.